The van der Waals surface area contributed by atoms with E-state index in [0.29, 0.717) is 13.0 Å². The van der Waals surface area contributed by atoms with Crippen molar-refractivity contribution in [3.05, 3.63) is 0 Å². The number of amides is 1. The summed E-state index contributed by atoms with van der Waals surface area (Å²) in [7, 11) is -0.149. The first-order valence-corrected chi connectivity index (χ1v) is 8.12. The molecule has 1 amide bonds. The molecule has 0 aromatic rings. The number of nitriles is 1. The van der Waals surface area contributed by atoms with E-state index in [-0.39, 0.29) is 37.4 Å². The Balaban J connectivity index is 2.02. The third-order valence-electron chi connectivity index (χ3n) is 3.86. The molecule has 0 spiro atoms. The van der Waals surface area contributed by atoms with E-state index in [1.165, 1.54) is 13.5 Å². The van der Waals surface area contributed by atoms with Gasteiger partial charge >= 0.3 is 0 Å². The highest BCUT2D eigenvalue weighted by atomic mass is 32.2. The van der Waals surface area contributed by atoms with Crippen molar-refractivity contribution < 1.29 is 13.2 Å². The monoisotopic (exact) mass is 300 g/mol. The number of carbonyl (C=O) groups is 1. The predicted molar refractivity (Wildman–Crippen MR) is 72.6 cm³/mol. The van der Waals surface area contributed by atoms with Gasteiger partial charge in [0.25, 0.3) is 10.2 Å². The average molecular weight is 300 g/mol. The molecule has 112 valence electrons. The summed E-state index contributed by atoms with van der Waals surface area (Å²) in [5, 5.41) is 8.72. The molecule has 8 heteroatoms. The van der Waals surface area contributed by atoms with E-state index >= 15 is 0 Å². The maximum Gasteiger partial charge on any atom is 0.282 e. The van der Waals surface area contributed by atoms with E-state index < -0.39 is 10.2 Å². The number of hydrogen-bond donors (Lipinski definition) is 0. The van der Waals surface area contributed by atoms with E-state index in [1.54, 1.807) is 14.1 Å². The lowest BCUT2D eigenvalue weighted by Crippen LogP contribution is -2.57. The Kier molecular flexibility index (Phi) is 4.32. The van der Waals surface area contributed by atoms with Gasteiger partial charge in [0.2, 0.25) is 5.91 Å². The summed E-state index contributed by atoms with van der Waals surface area (Å²) in [6.45, 7) is 1.23. The minimum absolute atomic E-state index is 0.0246. The van der Waals surface area contributed by atoms with Crippen molar-refractivity contribution in [1.82, 2.24) is 13.5 Å². The Morgan fingerprint density at radius 2 is 1.90 bits per heavy atom. The van der Waals surface area contributed by atoms with Crippen molar-refractivity contribution in [2.45, 2.75) is 12.8 Å². The van der Waals surface area contributed by atoms with Crippen LogP contribution in [0.2, 0.25) is 0 Å². The third kappa shape index (κ3) is 2.80. The minimum atomic E-state index is -3.52. The van der Waals surface area contributed by atoms with Gasteiger partial charge in [0.1, 0.15) is 0 Å². The molecule has 0 unspecified atom stereocenters. The van der Waals surface area contributed by atoms with Crippen molar-refractivity contribution in [2.24, 2.45) is 11.8 Å². The highest BCUT2D eigenvalue weighted by molar-refractivity contribution is 7.86. The van der Waals surface area contributed by atoms with E-state index in [1.807, 2.05) is 0 Å². The highest BCUT2D eigenvalue weighted by Gasteiger charge is 2.41. The van der Waals surface area contributed by atoms with Gasteiger partial charge in [0.15, 0.2) is 0 Å². The molecule has 2 aliphatic heterocycles. The number of hydrogen-bond acceptors (Lipinski definition) is 4. The molecule has 20 heavy (non-hydrogen) atoms. The molecule has 2 saturated heterocycles. The summed E-state index contributed by atoms with van der Waals surface area (Å²) in [6.07, 6.45) is 1.42. The first kappa shape index (κ1) is 15.2. The molecule has 0 aliphatic carbocycles. The fourth-order valence-corrected chi connectivity index (χ4v) is 4.38. The van der Waals surface area contributed by atoms with Gasteiger partial charge in [-0.15, -0.1) is 0 Å². The van der Waals surface area contributed by atoms with Crippen LogP contribution in [0.4, 0.5) is 0 Å². The third-order valence-corrected chi connectivity index (χ3v) is 5.79. The van der Waals surface area contributed by atoms with Crippen LogP contribution in [0.25, 0.3) is 0 Å². The molecule has 0 N–H and O–H groups in total. The van der Waals surface area contributed by atoms with Crippen molar-refractivity contribution in [1.29, 1.82) is 5.26 Å². The minimum Gasteiger partial charge on any atom is -0.349 e. The normalized spacial score (nSPS) is 25.8. The van der Waals surface area contributed by atoms with E-state index in [0.717, 1.165) is 6.42 Å². The number of nitrogens with zero attached hydrogens (tertiary/aromatic N) is 4. The van der Waals surface area contributed by atoms with Gasteiger partial charge in [0.05, 0.1) is 17.9 Å². The van der Waals surface area contributed by atoms with Gasteiger partial charge in [-0.25, -0.2) is 0 Å². The molecule has 0 radical (unpaired) electrons. The maximum absolute atomic E-state index is 12.4. The topological polar surface area (TPSA) is 84.7 Å². The van der Waals surface area contributed by atoms with Crippen LogP contribution in [0.5, 0.6) is 0 Å². The van der Waals surface area contributed by atoms with E-state index in [4.69, 9.17) is 5.26 Å². The first-order chi connectivity index (χ1) is 9.36. The highest BCUT2D eigenvalue weighted by Crippen LogP contribution is 2.26. The van der Waals surface area contributed by atoms with Crippen LogP contribution >= 0.6 is 0 Å². The zero-order valence-corrected chi connectivity index (χ0v) is 12.6. The zero-order valence-electron chi connectivity index (χ0n) is 11.8. The van der Waals surface area contributed by atoms with E-state index in [2.05, 4.69) is 6.07 Å². The Morgan fingerprint density at radius 3 is 2.45 bits per heavy atom. The molecule has 0 saturated carbocycles. The second kappa shape index (κ2) is 5.68. The van der Waals surface area contributed by atoms with Crippen LogP contribution < -0.4 is 0 Å². The Bertz CT molecular complexity index is 519. The van der Waals surface area contributed by atoms with Crippen LogP contribution in [-0.4, -0.2) is 68.1 Å². The largest absolute Gasteiger partial charge is 0.349 e. The molecule has 2 rings (SSSR count). The van der Waals surface area contributed by atoms with Gasteiger partial charge in [-0.3, -0.25) is 4.79 Å². The molecule has 2 heterocycles. The standard InChI is InChI=1S/C12H20N4O3S/c1-14(2)12(17)11-4-3-5-15(9-11)20(18,19)16-7-10(6-13)8-16/h10-11H,3-5,7-9H2,1-2H3/t11-/m0/s1. The Labute approximate surface area is 119 Å². The van der Waals surface area contributed by atoms with Gasteiger partial charge < -0.3 is 4.90 Å². The molecule has 0 bridgehead atoms. The Morgan fingerprint density at radius 1 is 1.25 bits per heavy atom. The van der Waals surface area contributed by atoms with Crippen molar-refractivity contribution in [2.75, 3.05) is 40.3 Å². The van der Waals surface area contributed by atoms with Crippen molar-refractivity contribution in [3.63, 3.8) is 0 Å². The summed E-state index contributed by atoms with van der Waals surface area (Å²) in [5.74, 6) is -0.487. The summed E-state index contributed by atoms with van der Waals surface area (Å²) in [4.78, 5) is 13.5. The molecule has 0 aromatic heterocycles. The maximum atomic E-state index is 12.4. The van der Waals surface area contributed by atoms with Gasteiger partial charge in [0, 0.05) is 40.3 Å². The smallest absolute Gasteiger partial charge is 0.282 e. The van der Waals surface area contributed by atoms with Crippen LogP contribution in [0.15, 0.2) is 0 Å². The quantitative estimate of drug-likeness (QED) is 0.702. The van der Waals surface area contributed by atoms with Gasteiger partial charge in [-0.2, -0.15) is 22.3 Å². The van der Waals surface area contributed by atoms with Crippen LogP contribution in [0.1, 0.15) is 12.8 Å². The number of piperidine rings is 1. The summed E-state index contributed by atoms with van der Waals surface area (Å²) in [5.41, 5.74) is 0. The molecule has 1 atom stereocenters. The molecular formula is C12H20N4O3S. The first-order valence-electron chi connectivity index (χ1n) is 6.72. The molecule has 2 fully saturated rings. The summed E-state index contributed by atoms with van der Waals surface area (Å²) < 4.78 is 27.5. The number of rotatable bonds is 3. The van der Waals surface area contributed by atoms with E-state index in [9.17, 15) is 13.2 Å². The molecule has 0 aromatic carbocycles. The van der Waals surface area contributed by atoms with Crippen LogP contribution in [0.3, 0.4) is 0 Å². The second-order valence-electron chi connectivity index (χ2n) is 5.58. The van der Waals surface area contributed by atoms with Gasteiger partial charge in [-0.05, 0) is 12.8 Å². The Hall–Kier alpha value is -1.17. The fourth-order valence-electron chi connectivity index (χ4n) is 2.59. The SMILES string of the molecule is CN(C)C(=O)[C@H]1CCCN(S(=O)(=O)N2CC(C#N)C2)C1. The lowest BCUT2D eigenvalue weighted by Gasteiger charge is -2.40. The van der Waals surface area contributed by atoms with Crippen molar-refractivity contribution in [3.8, 4) is 6.07 Å². The van der Waals surface area contributed by atoms with Crippen LogP contribution in [-0.2, 0) is 15.0 Å². The lowest BCUT2D eigenvalue weighted by atomic mass is 9.98. The fraction of sp³-hybridized carbons (Fsp3) is 0.833. The molecular weight excluding hydrogens is 280 g/mol. The van der Waals surface area contributed by atoms with Crippen molar-refractivity contribution >= 4 is 16.1 Å². The molecule has 7 nitrogen and oxygen atoms in total. The number of carbonyl (C=O) groups excluding carboxylic acids is 1. The predicted octanol–water partition coefficient (Wildman–Crippen LogP) is -0.513. The van der Waals surface area contributed by atoms with Crippen LogP contribution in [0, 0.1) is 23.2 Å². The average Bonchev–Trinajstić information content (AvgIpc) is 2.36. The zero-order chi connectivity index (χ0) is 14.9. The lowest BCUT2D eigenvalue weighted by molar-refractivity contribution is -0.134. The summed E-state index contributed by atoms with van der Waals surface area (Å²) in [6, 6.07) is 2.06. The second-order valence-corrected chi connectivity index (χ2v) is 7.51. The van der Waals surface area contributed by atoms with Gasteiger partial charge in [-0.1, -0.05) is 0 Å². The molecule has 2 aliphatic rings. The summed E-state index contributed by atoms with van der Waals surface area (Å²) >= 11 is 0.